The van der Waals surface area contributed by atoms with Gasteiger partial charge in [0.05, 0.1) is 12.8 Å². The summed E-state index contributed by atoms with van der Waals surface area (Å²) in [6.45, 7) is 0. The Labute approximate surface area is 126 Å². The monoisotopic (exact) mass is 300 g/mol. The van der Waals surface area contributed by atoms with E-state index in [0.717, 1.165) is 16.3 Å². The third-order valence-corrected chi connectivity index (χ3v) is 3.27. The number of hydrogen-bond acceptors (Lipinski definition) is 3. The smallest absolute Gasteiger partial charge is 0.326 e. The predicted molar refractivity (Wildman–Crippen MR) is 81.0 cm³/mol. The summed E-state index contributed by atoms with van der Waals surface area (Å²) in [7, 11) is 0. The number of nitrogens with one attached hydrogen (secondary N) is 1. The Kier molecular flexibility index (Phi) is 4.73. The molecule has 2 amide bonds. The lowest BCUT2D eigenvalue weighted by Crippen LogP contribution is -2.43. The molecule has 6 nitrogen and oxygen atoms in total. The maximum Gasteiger partial charge on any atom is 0.326 e. The lowest BCUT2D eigenvalue weighted by molar-refractivity contribution is -0.143. The van der Waals surface area contributed by atoms with Crippen molar-refractivity contribution in [2.24, 2.45) is 5.73 Å². The molecule has 0 radical (unpaired) electrons. The fourth-order valence-corrected chi connectivity index (χ4v) is 2.27. The van der Waals surface area contributed by atoms with Crippen molar-refractivity contribution in [3.8, 4) is 0 Å². The maximum atomic E-state index is 12.0. The molecule has 2 aromatic carbocycles. The molecule has 2 rings (SSSR count). The van der Waals surface area contributed by atoms with Crippen LogP contribution < -0.4 is 11.1 Å². The molecule has 1 atom stereocenters. The molecule has 6 heteroatoms. The van der Waals surface area contributed by atoms with Crippen molar-refractivity contribution in [1.29, 1.82) is 0 Å². The van der Waals surface area contributed by atoms with Crippen molar-refractivity contribution < 1.29 is 19.5 Å². The molecule has 0 aliphatic rings. The number of aliphatic carboxylic acids is 1. The Morgan fingerprint density at radius 1 is 1.09 bits per heavy atom. The standard InChI is InChI=1S/C16H16N2O4/c17-14(19)9-13(16(21)22)18-15(20)8-11-6-3-5-10-4-1-2-7-12(10)11/h1-7,13H,8-9H2,(H2,17,19)(H,18,20)(H,21,22)/t13-/m0/s1. The molecule has 0 saturated carbocycles. The van der Waals surface area contributed by atoms with Crippen LogP contribution in [0.25, 0.3) is 10.8 Å². The van der Waals surface area contributed by atoms with E-state index in [-0.39, 0.29) is 6.42 Å². The first-order valence-electron chi connectivity index (χ1n) is 6.74. The zero-order chi connectivity index (χ0) is 16.1. The van der Waals surface area contributed by atoms with Gasteiger partial charge in [-0.15, -0.1) is 0 Å². The van der Waals surface area contributed by atoms with Gasteiger partial charge in [-0.2, -0.15) is 0 Å². The van der Waals surface area contributed by atoms with Crippen molar-refractivity contribution >= 4 is 28.6 Å². The summed E-state index contributed by atoms with van der Waals surface area (Å²) in [4.78, 5) is 33.9. The van der Waals surface area contributed by atoms with Gasteiger partial charge in [-0.25, -0.2) is 4.79 Å². The van der Waals surface area contributed by atoms with Crippen molar-refractivity contribution in [3.63, 3.8) is 0 Å². The topological polar surface area (TPSA) is 109 Å². The number of carbonyl (C=O) groups is 3. The third kappa shape index (κ3) is 3.82. The van der Waals surface area contributed by atoms with Gasteiger partial charge in [-0.1, -0.05) is 42.5 Å². The largest absolute Gasteiger partial charge is 0.480 e. The number of carboxylic acid groups (broad SMARTS) is 1. The molecular formula is C16H16N2O4. The van der Waals surface area contributed by atoms with Gasteiger partial charge in [-0.3, -0.25) is 9.59 Å². The maximum absolute atomic E-state index is 12.0. The molecule has 0 aliphatic carbocycles. The zero-order valence-electron chi connectivity index (χ0n) is 11.8. The van der Waals surface area contributed by atoms with Gasteiger partial charge in [0.1, 0.15) is 6.04 Å². The Bertz CT molecular complexity index is 722. The van der Waals surface area contributed by atoms with E-state index in [0.29, 0.717) is 0 Å². The van der Waals surface area contributed by atoms with E-state index in [4.69, 9.17) is 10.8 Å². The van der Waals surface area contributed by atoms with Gasteiger partial charge < -0.3 is 16.2 Å². The number of primary amides is 1. The molecule has 4 N–H and O–H groups in total. The SMILES string of the molecule is NC(=O)C[C@H](NC(=O)Cc1cccc2ccccc12)C(=O)O. The molecular weight excluding hydrogens is 284 g/mol. The number of carbonyl (C=O) groups excluding carboxylic acids is 2. The van der Waals surface area contributed by atoms with Crippen LogP contribution >= 0.6 is 0 Å². The summed E-state index contributed by atoms with van der Waals surface area (Å²) in [5.74, 6) is -2.53. The molecule has 0 saturated heterocycles. The first-order valence-corrected chi connectivity index (χ1v) is 6.74. The minimum Gasteiger partial charge on any atom is -0.480 e. The molecule has 114 valence electrons. The minimum absolute atomic E-state index is 0.0316. The fourth-order valence-electron chi connectivity index (χ4n) is 2.27. The van der Waals surface area contributed by atoms with E-state index in [1.807, 2.05) is 42.5 Å². The van der Waals surface area contributed by atoms with Crippen molar-refractivity contribution in [2.45, 2.75) is 18.9 Å². The fraction of sp³-hybridized carbons (Fsp3) is 0.188. The van der Waals surface area contributed by atoms with Crippen LogP contribution in [0.1, 0.15) is 12.0 Å². The second-order valence-electron chi connectivity index (χ2n) is 4.94. The highest BCUT2D eigenvalue weighted by Gasteiger charge is 2.22. The summed E-state index contributed by atoms with van der Waals surface area (Å²) in [5.41, 5.74) is 5.77. The van der Waals surface area contributed by atoms with E-state index in [9.17, 15) is 14.4 Å². The normalized spacial score (nSPS) is 11.8. The molecule has 0 aliphatic heterocycles. The van der Waals surface area contributed by atoms with Gasteiger partial charge in [0, 0.05) is 0 Å². The number of fused-ring (bicyclic) bond motifs is 1. The Hall–Kier alpha value is -2.89. The van der Waals surface area contributed by atoms with Crippen LogP contribution in [0.15, 0.2) is 42.5 Å². The molecule has 0 fully saturated rings. The van der Waals surface area contributed by atoms with Crippen LogP contribution in [-0.4, -0.2) is 28.9 Å². The van der Waals surface area contributed by atoms with Crippen molar-refractivity contribution in [1.82, 2.24) is 5.32 Å². The average molecular weight is 300 g/mol. The molecule has 0 bridgehead atoms. The molecule has 0 heterocycles. The van der Waals surface area contributed by atoms with Gasteiger partial charge in [0.2, 0.25) is 11.8 Å². The molecule has 0 spiro atoms. The van der Waals surface area contributed by atoms with Gasteiger partial charge in [0.25, 0.3) is 0 Å². The number of nitrogens with two attached hydrogens (primary N) is 1. The quantitative estimate of drug-likeness (QED) is 0.734. The minimum atomic E-state index is -1.31. The Balaban J connectivity index is 2.13. The van der Waals surface area contributed by atoms with Gasteiger partial charge in [-0.05, 0) is 16.3 Å². The van der Waals surface area contributed by atoms with E-state index in [1.165, 1.54) is 0 Å². The summed E-state index contributed by atoms with van der Waals surface area (Å²) in [6.07, 6.45) is -0.402. The van der Waals surface area contributed by atoms with Crippen LogP contribution in [0, 0.1) is 0 Å². The van der Waals surface area contributed by atoms with Crippen LogP contribution in [-0.2, 0) is 20.8 Å². The number of amides is 2. The zero-order valence-corrected chi connectivity index (χ0v) is 11.8. The van der Waals surface area contributed by atoms with Crippen molar-refractivity contribution in [2.75, 3.05) is 0 Å². The third-order valence-electron chi connectivity index (χ3n) is 3.27. The van der Waals surface area contributed by atoms with Crippen LogP contribution in [0.2, 0.25) is 0 Å². The Morgan fingerprint density at radius 3 is 2.45 bits per heavy atom. The van der Waals surface area contributed by atoms with Gasteiger partial charge >= 0.3 is 5.97 Å². The molecule has 22 heavy (non-hydrogen) atoms. The molecule has 2 aromatic rings. The van der Waals surface area contributed by atoms with Crippen LogP contribution in [0.5, 0.6) is 0 Å². The summed E-state index contributed by atoms with van der Waals surface area (Å²) in [6, 6.07) is 11.9. The second-order valence-corrected chi connectivity index (χ2v) is 4.94. The first kappa shape index (κ1) is 15.5. The summed E-state index contributed by atoms with van der Waals surface area (Å²) in [5, 5.41) is 13.2. The predicted octanol–water partition coefficient (Wildman–Crippen LogP) is 0.827. The highest BCUT2D eigenvalue weighted by atomic mass is 16.4. The summed E-state index contributed by atoms with van der Waals surface area (Å²) >= 11 is 0. The highest BCUT2D eigenvalue weighted by Crippen LogP contribution is 2.18. The summed E-state index contributed by atoms with van der Waals surface area (Å²) < 4.78 is 0. The number of rotatable bonds is 6. The lowest BCUT2D eigenvalue weighted by Gasteiger charge is -2.13. The van der Waals surface area contributed by atoms with E-state index in [2.05, 4.69) is 5.32 Å². The molecule has 0 aromatic heterocycles. The van der Waals surface area contributed by atoms with Gasteiger partial charge in [0.15, 0.2) is 0 Å². The average Bonchev–Trinajstić information content (AvgIpc) is 2.46. The van der Waals surface area contributed by atoms with Crippen molar-refractivity contribution in [3.05, 3.63) is 48.0 Å². The van der Waals surface area contributed by atoms with E-state index in [1.54, 1.807) is 0 Å². The first-order chi connectivity index (χ1) is 10.5. The second kappa shape index (κ2) is 6.71. The van der Waals surface area contributed by atoms with Crippen LogP contribution in [0.3, 0.4) is 0 Å². The number of hydrogen-bond donors (Lipinski definition) is 3. The van der Waals surface area contributed by atoms with Crippen LogP contribution in [0.4, 0.5) is 0 Å². The highest BCUT2D eigenvalue weighted by molar-refractivity contribution is 5.92. The molecule has 0 unspecified atom stereocenters. The number of carboxylic acids is 1. The lowest BCUT2D eigenvalue weighted by atomic mass is 10.0. The number of benzene rings is 2. The van der Waals surface area contributed by atoms with E-state index >= 15 is 0 Å². The Morgan fingerprint density at radius 2 is 1.77 bits per heavy atom. The van der Waals surface area contributed by atoms with E-state index < -0.39 is 30.2 Å².